The van der Waals surface area contributed by atoms with Crippen LogP contribution in [0.2, 0.25) is 0 Å². The molecule has 128 valence electrons. The topological polar surface area (TPSA) is 72.4 Å². The van der Waals surface area contributed by atoms with E-state index in [2.05, 4.69) is 9.97 Å². The first kappa shape index (κ1) is 15.7. The fourth-order valence-electron chi connectivity index (χ4n) is 3.66. The van der Waals surface area contributed by atoms with E-state index in [1.54, 1.807) is 11.1 Å². The van der Waals surface area contributed by atoms with Crippen molar-refractivity contribution in [3.8, 4) is 5.75 Å². The molecule has 0 saturated carbocycles. The van der Waals surface area contributed by atoms with Crippen LogP contribution in [0.4, 0.5) is 0 Å². The molecule has 4 rings (SSSR count). The van der Waals surface area contributed by atoms with Gasteiger partial charge in [-0.25, -0.2) is 4.98 Å². The first-order valence-electron chi connectivity index (χ1n) is 8.53. The summed E-state index contributed by atoms with van der Waals surface area (Å²) in [5.74, 6) is 0.663. The van der Waals surface area contributed by atoms with E-state index in [1.807, 2.05) is 24.3 Å². The quantitative estimate of drug-likeness (QED) is 0.799. The molecule has 6 heteroatoms. The average molecular weight is 337 g/mol. The lowest BCUT2D eigenvalue weighted by molar-refractivity contribution is 0.0300. The Morgan fingerprint density at radius 1 is 1.16 bits per heavy atom. The fourth-order valence-corrected chi connectivity index (χ4v) is 3.66. The number of Topliss-reactive ketones (excluding diaryl/α,β-unsaturated/α-hetero) is 1. The zero-order chi connectivity index (χ0) is 17.3. The highest BCUT2D eigenvalue weighted by Gasteiger charge is 2.42. The van der Waals surface area contributed by atoms with Crippen molar-refractivity contribution >= 4 is 11.7 Å². The number of likely N-dealkylation sites (tertiary alicyclic amines) is 1. The van der Waals surface area contributed by atoms with Crippen molar-refractivity contribution < 1.29 is 14.3 Å². The molecule has 2 aromatic rings. The first-order valence-corrected chi connectivity index (χ1v) is 8.53. The summed E-state index contributed by atoms with van der Waals surface area (Å²) in [5, 5.41) is 0. The molecule has 25 heavy (non-hydrogen) atoms. The standard InChI is InChI=1S/C19H19N3O3/c23-16-12-19(25-17-5-2-1-4-14(16)17)6-3-10-22(11-7-19)18(24)15-13-20-8-9-21-15/h1-2,4-5,8-9,13H,3,6-7,10-12H2. The van der Waals surface area contributed by atoms with Crippen LogP contribution in [0.3, 0.4) is 0 Å². The number of hydrogen-bond donors (Lipinski definition) is 0. The van der Waals surface area contributed by atoms with Crippen LogP contribution in [-0.4, -0.2) is 45.2 Å². The number of nitrogens with zero attached hydrogens (tertiary/aromatic N) is 3. The van der Waals surface area contributed by atoms with Crippen LogP contribution in [0.5, 0.6) is 5.75 Å². The molecule has 1 unspecified atom stereocenters. The molecule has 0 bridgehead atoms. The molecule has 1 aromatic carbocycles. The molecule has 1 aromatic heterocycles. The highest BCUT2D eigenvalue weighted by molar-refractivity contribution is 6.00. The number of hydrogen-bond acceptors (Lipinski definition) is 5. The van der Waals surface area contributed by atoms with E-state index in [1.165, 1.54) is 12.4 Å². The first-order chi connectivity index (χ1) is 12.2. The number of carbonyl (C=O) groups is 2. The summed E-state index contributed by atoms with van der Waals surface area (Å²) in [6.45, 7) is 1.18. The summed E-state index contributed by atoms with van der Waals surface area (Å²) in [6, 6.07) is 7.39. The number of ether oxygens (including phenoxy) is 1. The van der Waals surface area contributed by atoms with Gasteiger partial charge in [-0.1, -0.05) is 12.1 Å². The summed E-state index contributed by atoms with van der Waals surface area (Å²) < 4.78 is 6.26. The van der Waals surface area contributed by atoms with E-state index >= 15 is 0 Å². The smallest absolute Gasteiger partial charge is 0.274 e. The van der Waals surface area contributed by atoms with Crippen LogP contribution in [0.1, 0.15) is 46.5 Å². The maximum Gasteiger partial charge on any atom is 0.274 e. The Labute approximate surface area is 145 Å². The van der Waals surface area contributed by atoms with E-state index in [0.717, 1.165) is 12.8 Å². The van der Waals surface area contributed by atoms with Crippen molar-refractivity contribution in [2.75, 3.05) is 13.1 Å². The largest absolute Gasteiger partial charge is 0.486 e. The van der Waals surface area contributed by atoms with Crippen molar-refractivity contribution in [1.82, 2.24) is 14.9 Å². The predicted molar refractivity (Wildman–Crippen MR) is 90.5 cm³/mol. The molecule has 1 atom stereocenters. The van der Waals surface area contributed by atoms with Gasteiger partial charge in [-0.05, 0) is 25.0 Å². The Bertz CT molecular complexity index is 809. The van der Waals surface area contributed by atoms with Crippen LogP contribution >= 0.6 is 0 Å². The highest BCUT2D eigenvalue weighted by Crippen LogP contribution is 2.39. The SMILES string of the molecule is O=C1CC2(CCCN(C(=O)c3cnccn3)CC2)Oc2ccccc21. The Balaban J connectivity index is 1.52. The predicted octanol–water partition coefficient (Wildman–Crippen LogP) is 2.51. The summed E-state index contributed by atoms with van der Waals surface area (Å²) in [6.07, 6.45) is 7.12. The van der Waals surface area contributed by atoms with Crippen LogP contribution in [0.15, 0.2) is 42.9 Å². The van der Waals surface area contributed by atoms with Gasteiger partial charge in [0.1, 0.15) is 17.0 Å². The van der Waals surface area contributed by atoms with E-state index in [4.69, 9.17) is 4.74 Å². The minimum absolute atomic E-state index is 0.118. The lowest BCUT2D eigenvalue weighted by atomic mass is 9.84. The number of fused-ring (bicyclic) bond motifs is 1. The zero-order valence-corrected chi connectivity index (χ0v) is 13.9. The molecule has 0 aliphatic carbocycles. The van der Waals surface area contributed by atoms with E-state index in [0.29, 0.717) is 42.9 Å². The number of aromatic nitrogens is 2. The molecular formula is C19H19N3O3. The van der Waals surface area contributed by atoms with Crippen LogP contribution in [-0.2, 0) is 0 Å². The molecule has 2 aliphatic heterocycles. The van der Waals surface area contributed by atoms with E-state index in [-0.39, 0.29) is 11.7 Å². The second kappa shape index (κ2) is 6.27. The lowest BCUT2D eigenvalue weighted by Crippen LogP contribution is -2.43. The van der Waals surface area contributed by atoms with E-state index < -0.39 is 5.60 Å². The third kappa shape index (κ3) is 2.99. The molecule has 1 amide bonds. The van der Waals surface area contributed by atoms with Crippen molar-refractivity contribution in [3.05, 3.63) is 54.1 Å². The molecule has 2 aliphatic rings. The van der Waals surface area contributed by atoms with Gasteiger partial charge in [-0.15, -0.1) is 0 Å². The van der Waals surface area contributed by atoms with Crippen LogP contribution < -0.4 is 4.74 Å². The lowest BCUT2D eigenvalue weighted by Gasteiger charge is -2.37. The Morgan fingerprint density at radius 3 is 2.88 bits per heavy atom. The summed E-state index contributed by atoms with van der Waals surface area (Å²) in [4.78, 5) is 35.0. The normalized spacial score (nSPS) is 22.9. The van der Waals surface area contributed by atoms with Gasteiger partial charge in [0.15, 0.2) is 5.78 Å². The van der Waals surface area contributed by atoms with Gasteiger partial charge in [0.05, 0.1) is 18.2 Å². The molecule has 0 radical (unpaired) electrons. The number of carbonyl (C=O) groups excluding carboxylic acids is 2. The Morgan fingerprint density at radius 2 is 2.04 bits per heavy atom. The minimum atomic E-state index is -0.511. The number of benzene rings is 1. The minimum Gasteiger partial charge on any atom is -0.486 e. The second-order valence-electron chi connectivity index (χ2n) is 6.62. The monoisotopic (exact) mass is 337 g/mol. The molecule has 1 fully saturated rings. The fraction of sp³-hybridized carbons (Fsp3) is 0.368. The van der Waals surface area contributed by atoms with Crippen molar-refractivity contribution in [1.29, 1.82) is 0 Å². The third-order valence-electron chi connectivity index (χ3n) is 4.96. The van der Waals surface area contributed by atoms with Crippen molar-refractivity contribution in [2.45, 2.75) is 31.3 Å². The van der Waals surface area contributed by atoms with Gasteiger partial charge in [0.25, 0.3) is 5.91 Å². The van der Waals surface area contributed by atoms with Gasteiger partial charge in [0.2, 0.25) is 0 Å². The summed E-state index contributed by atoms with van der Waals surface area (Å²) >= 11 is 0. The Kier molecular flexibility index (Phi) is 3.95. The van der Waals surface area contributed by atoms with Gasteiger partial charge in [-0.2, -0.15) is 0 Å². The van der Waals surface area contributed by atoms with Gasteiger partial charge in [-0.3, -0.25) is 14.6 Å². The molecular weight excluding hydrogens is 318 g/mol. The summed E-state index contributed by atoms with van der Waals surface area (Å²) in [5.41, 5.74) is 0.498. The maximum absolute atomic E-state index is 12.6. The van der Waals surface area contributed by atoms with Crippen molar-refractivity contribution in [2.24, 2.45) is 0 Å². The number of amides is 1. The molecule has 1 spiro atoms. The molecule has 3 heterocycles. The summed E-state index contributed by atoms with van der Waals surface area (Å²) in [7, 11) is 0. The van der Waals surface area contributed by atoms with Crippen molar-refractivity contribution in [3.63, 3.8) is 0 Å². The zero-order valence-electron chi connectivity index (χ0n) is 13.9. The Hall–Kier alpha value is -2.76. The maximum atomic E-state index is 12.6. The molecule has 1 saturated heterocycles. The molecule has 0 N–H and O–H groups in total. The second-order valence-corrected chi connectivity index (χ2v) is 6.62. The van der Waals surface area contributed by atoms with E-state index in [9.17, 15) is 9.59 Å². The highest BCUT2D eigenvalue weighted by atomic mass is 16.5. The number of para-hydroxylation sites is 1. The molecule has 6 nitrogen and oxygen atoms in total. The van der Waals surface area contributed by atoms with Gasteiger partial charge < -0.3 is 9.64 Å². The van der Waals surface area contributed by atoms with Gasteiger partial charge >= 0.3 is 0 Å². The van der Waals surface area contributed by atoms with Crippen LogP contribution in [0, 0.1) is 0 Å². The number of rotatable bonds is 1. The third-order valence-corrected chi connectivity index (χ3v) is 4.96. The number of ketones is 1. The average Bonchev–Trinajstić information content (AvgIpc) is 2.84. The van der Waals surface area contributed by atoms with Crippen LogP contribution in [0.25, 0.3) is 0 Å². The van der Waals surface area contributed by atoms with Gasteiger partial charge in [0, 0.05) is 31.9 Å².